The van der Waals surface area contributed by atoms with Gasteiger partial charge in [-0.15, -0.1) is 0 Å². The van der Waals surface area contributed by atoms with E-state index in [4.69, 9.17) is 18.9 Å². The van der Waals surface area contributed by atoms with Crippen LogP contribution in [0.1, 0.15) is 456 Å². The van der Waals surface area contributed by atoms with Gasteiger partial charge in [-0.2, -0.15) is 0 Å². The third-order valence-electron chi connectivity index (χ3n) is 18.7. The quantitative estimate of drug-likeness (QED) is 0.0361. The Morgan fingerprint density at radius 3 is 0.433 bits per heavy atom. The van der Waals surface area contributed by atoms with Crippen molar-refractivity contribution in [3.63, 3.8) is 0 Å². The summed E-state index contributed by atoms with van der Waals surface area (Å²) in [5.74, 6) is 0.433. The molecule has 0 N–H and O–H groups in total. The Morgan fingerprint density at radius 2 is 0.311 bits per heavy atom. The first kappa shape index (κ1) is 85.1. The van der Waals surface area contributed by atoms with E-state index in [0.717, 1.165) is 75.0 Å². The second-order valence-electron chi connectivity index (χ2n) is 29.6. The van der Waals surface area contributed by atoms with Gasteiger partial charge in [0, 0.05) is 0 Å². The van der Waals surface area contributed by atoms with E-state index >= 15 is 0 Å². The predicted octanol–water partition coefficient (Wildman–Crippen LogP) is 26.8. The third kappa shape index (κ3) is 54.5. The van der Waals surface area contributed by atoms with Crippen LogP contribution in [0.5, 0.6) is 0 Å². The SMILES string of the molecule is CC(C)CCCCCCCCCCCCCCCOC(=O)c1cc(C(=O)OCCCCCCCCCCCCCCCC(C)C)c(C(=O)OCCCCCCCCCCCCCCCC(C)C)cc1C(=O)OCCCCCCCCCCCCCCCC(C)C. The maximum Gasteiger partial charge on any atom is 0.339 e. The summed E-state index contributed by atoms with van der Waals surface area (Å²) in [6, 6.07) is 2.67. The van der Waals surface area contributed by atoms with Crippen molar-refractivity contribution < 1.29 is 38.1 Å². The Balaban J connectivity index is 2.95. The van der Waals surface area contributed by atoms with Gasteiger partial charge >= 0.3 is 23.9 Å². The summed E-state index contributed by atoms with van der Waals surface area (Å²) < 4.78 is 23.4. The van der Waals surface area contributed by atoms with Gasteiger partial charge in [-0.3, -0.25) is 0 Å². The molecule has 526 valence electrons. The van der Waals surface area contributed by atoms with Crippen molar-refractivity contribution in [2.45, 2.75) is 415 Å². The molecule has 8 heteroatoms. The zero-order valence-electron chi connectivity index (χ0n) is 61.2. The monoisotopic (exact) mass is 1260 g/mol. The van der Waals surface area contributed by atoms with Crippen LogP contribution in [-0.2, 0) is 18.9 Å². The number of benzene rings is 1. The van der Waals surface area contributed by atoms with E-state index in [1.54, 1.807) is 0 Å². The highest BCUT2D eigenvalue weighted by molar-refractivity contribution is 6.10. The molecule has 0 aliphatic heterocycles. The topological polar surface area (TPSA) is 105 Å². The van der Waals surface area contributed by atoms with Crippen molar-refractivity contribution in [3.8, 4) is 0 Å². The lowest BCUT2D eigenvalue weighted by molar-refractivity contribution is 0.0434. The van der Waals surface area contributed by atoms with Crippen LogP contribution in [0.3, 0.4) is 0 Å². The van der Waals surface area contributed by atoms with Gasteiger partial charge in [-0.05, 0) is 61.5 Å². The molecule has 0 spiro atoms. The summed E-state index contributed by atoms with van der Waals surface area (Å²) in [6.45, 7) is 19.3. The van der Waals surface area contributed by atoms with Crippen LogP contribution in [-0.4, -0.2) is 50.3 Å². The largest absolute Gasteiger partial charge is 0.462 e. The molecule has 0 bridgehead atoms. The van der Waals surface area contributed by atoms with Crippen LogP contribution in [0.2, 0.25) is 0 Å². The van der Waals surface area contributed by atoms with Crippen molar-refractivity contribution in [3.05, 3.63) is 34.4 Å². The van der Waals surface area contributed by atoms with Gasteiger partial charge in [0.15, 0.2) is 0 Å². The first-order chi connectivity index (χ1) is 43.8. The lowest BCUT2D eigenvalue weighted by Crippen LogP contribution is -2.21. The van der Waals surface area contributed by atoms with Crippen molar-refractivity contribution in [2.75, 3.05) is 26.4 Å². The fourth-order valence-corrected chi connectivity index (χ4v) is 12.6. The second kappa shape index (κ2) is 63.5. The minimum atomic E-state index is -0.706. The van der Waals surface area contributed by atoms with Crippen molar-refractivity contribution >= 4 is 23.9 Å². The fraction of sp³-hybridized carbons (Fsp3) is 0.878. The Bertz CT molecular complexity index is 1530. The van der Waals surface area contributed by atoms with Gasteiger partial charge in [0.25, 0.3) is 0 Å². The number of carbonyl (C=O) groups excluding carboxylic acids is 4. The molecule has 0 heterocycles. The minimum absolute atomic E-state index is 0.0797. The van der Waals surface area contributed by atoms with E-state index in [1.807, 2.05) is 0 Å². The van der Waals surface area contributed by atoms with E-state index in [1.165, 1.54) is 295 Å². The molecule has 0 aromatic heterocycles. The molecular formula is C82H150O8. The molecule has 0 fully saturated rings. The second-order valence-corrected chi connectivity index (χ2v) is 29.6. The van der Waals surface area contributed by atoms with Gasteiger partial charge in [0.2, 0.25) is 0 Å². The number of esters is 4. The molecular weight excluding hydrogens is 1110 g/mol. The number of carbonyl (C=O) groups is 4. The Kier molecular flexibility index (Phi) is 60.0. The van der Waals surface area contributed by atoms with E-state index < -0.39 is 23.9 Å². The van der Waals surface area contributed by atoms with Gasteiger partial charge < -0.3 is 18.9 Å². The Morgan fingerprint density at radius 1 is 0.200 bits per heavy atom. The third-order valence-corrected chi connectivity index (χ3v) is 18.7. The molecule has 1 aromatic carbocycles. The smallest absolute Gasteiger partial charge is 0.339 e. The van der Waals surface area contributed by atoms with Crippen LogP contribution in [0.15, 0.2) is 12.1 Å². The zero-order valence-corrected chi connectivity index (χ0v) is 61.2. The lowest BCUT2D eigenvalue weighted by Gasteiger charge is -2.15. The first-order valence-corrected chi connectivity index (χ1v) is 39.7. The fourth-order valence-electron chi connectivity index (χ4n) is 12.6. The number of rotatable bonds is 68. The molecule has 0 atom stereocenters. The average molecular weight is 1260 g/mol. The molecule has 8 nitrogen and oxygen atoms in total. The summed E-state index contributed by atoms with van der Waals surface area (Å²) in [5.41, 5.74) is -0.319. The first-order valence-electron chi connectivity index (χ1n) is 39.7. The average Bonchev–Trinajstić information content (AvgIpc) is 0.907. The van der Waals surface area contributed by atoms with Crippen molar-refractivity contribution in [2.24, 2.45) is 23.7 Å². The van der Waals surface area contributed by atoms with E-state index in [9.17, 15) is 19.2 Å². The van der Waals surface area contributed by atoms with Gasteiger partial charge in [-0.1, -0.05) is 389 Å². The van der Waals surface area contributed by atoms with Gasteiger partial charge in [0.05, 0.1) is 48.7 Å². The minimum Gasteiger partial charge on any atom is -0.462 e. The molecule has 0 amide bonds. The highest BCUT2D eigenvalue weighted by Gasteiger charge is 2.29. The number of ether oxygens (including phenoxy) is 4. The van der Waals surface area contributed by atoms with Crippen molar-refractivity contribution in [1.29, 1.82) is 0 Å². The molecule has 1 rings (SSSR count). The van der Waals surface area contributed by atoms with Crippen LogP contribution in [0, 0.1) is 23.7 Å². The molecule has 0 unspecified atom stereocenters. The predicted molar refractivity (Wildman–Crippen MR) is 385 cm³/mol. The van der Waals surface area contributed by atoms with E-state index in [0.29, 0.717) is 25.7 Å². The van der Waals surface area contributed by atoms with Crippen molar-refractivity contribution in [1.82, 2.24) is 0 Å². The molecule has 1 aromatic rings. The lowest BCUT2D eigenvalue weighted by atomic mass is 9.97. The standard InChI is InChI=1S/C82H150O8/c1-71(2)61-53-45-37-29-21-13-9-17-25-33-41-49-57-65-87-79(83)75-69-77(81(85)89-67-59-51-43-35-27-19-11-15-23-31-39-47-55-63-73(5)6)78(82(86)90-68-60-52-44-36-28-20-12-16-24-32-40-48-56-64-74(7)8)70-76(75)80(84)88-66-58-50-42-34-26-18-10-14-22-30-38-46-54-62-72(3)4/h69-74H,9-68H2,1-8H3. The van der Waals surface area contributed by atoms with E-state index in [-0.39, 0.29) is 48.7 Å². The molecule has 0 radical (unpaired) electrons. The highest BCUT2D eigenvalue weighted by Crippen LogP contribution is 2.25. The summed E-state index contributed by atoms with van der Waals surface area (Å²) in [4.78, 5) is 56.4. The number of unbranched alkanes of at least 4 members (excludes halogenated alkanes) is 48. The maximum atomic E-state index is 14.1. The van der Waals surface area contributed by atoms with Crippen LogP contribution < -0.4 is 0 Å². The number of hydrogen-bond donors (Lipinski definition) is 0. The molecule has 90 heavy (non-hydrogen) atoms. The Labute approximate surface area is 558 Å². The summed E-state index contributed by atoms with van der Waals surface area (Å²) in [7, 11) is 0. The van der Waals surface area contributed by atoms with E-state index in [2.05, 4.69) is 55.4 Å². The normalized spacial score (nSPS) is 11.7. The zero-order chi connectivity index (χ0) is 65.6. The Hall–Kier alpha value is -2.90. The van der Waals surface area contributed by atoms with Gasteiger partial charge in [-0.25, -0.2) is 19.2 Å². The molecule has 0 saturated heterocycles. The maximum absolute atomic E-state index is 14.1. The van der Waals surface area contributed by atoms with Crippen LogP contribution in [0.25, 0.3) is 0 Å². The molecule has 0 saturated carbocycles. The van der Waals surface area contributed by atoms with Gasteiger partial charge in [0.1, 0.15) is 0 Å². The number of hydrogen-bond acceptors (Lipinski definition) is 8. The highest BCUT2D eigenvalue weighted by atomic mass is 16.5. The van der Waals surface area contributed by atoms with Crippen LogP contribution >= 0.6 is 0 Å². The molecule has 0 aliphatic carbocycles. The summed E-state index contributed by atoms with van der Waals surface area (Å²) in [5, 5.41) is 0. The van der Waals surface area contributed by atoms with Crippen LogP contribution in [0.4, 0.5) is 0 Å². The summed E-state index contributed by atoms with van der Waals surface area (Å²) in [6.07, 6.45) is 68.8. The molecule has 0 aliphatic rings. The summed E-state index contributed by atoms with van der Waals surface area (Å²) >= 11 is 0.